The Labute approximate surface area is 298 Å². The third kappa shape index (κ3) is 9.05. The standard InChI is InChI=1S/C32H52O20/c1-45-16-3-11(4-17(46-2)23(16)38)30-18(50-32-28(43)26(41)24(39)19(9-33)51-32)7-13-14(48-30)5-12(34)6-15(13)49-31-29(44)27(42)25(40)20(52-31)10-47-22(37)8-21(35)36/h11-20,23-34,38-44H,3-10H2,1-2H3,(H,35,36)/p+1/t11?,12?,13?,14?,15?,16?,17?,18?,19-,20-,23?,24-,25-,26+,27+,28-,29-,30?,31-,32-/m1/s1. The van der Waals surface area contributed by atoms with Crippen molar-refractivity contribution in [1.29, 1.82) is 0 Å². The van der Waals surface area contributed by atoms with Crippen molar-refractivity contribution >= 4 is 11.9 Å². The maximum atomic E-state index is 11.8. The number of esters is 1. The quantitative estimate of drug-likeness (QED) is 0.0505. The smallest absolute Gasteiger partial charge is 0.317 e. The number of hydrogen-bond acceptors (Lipinski definition) is 18. The Morgan fingerprint density at radius 1 is 0.673 bits per heavy atom. The van der Waals surface area contributed by atoms with Gasteiger partial charge in [-0.1, -0.05) is 0 Å². The summed E-state index contributed by atoms with van der Waals surface area (Å²) < 4.78 is 45.0. The van der Waals surface area contributed by atoms with Crippen LogP contribution in [0.5, 0.6) is 0 Å². The normalized spacial score (nSPS) is 48.4. The van der Waals surface area contributed by atoms with E-state index in [1.807, 2.05) is 0 Å². The van der Waals surface area contributed by atoms with Crippen LogP contribution in [0.15, 0.2) is 0 Å². The minimum absolute atomic E-state index is 0.0186. The Morgan fingerprint density at radius 3 is 1.79 bits per heavy atom. The van der Waals surface area contributed by atoms with Crippen molar-refractivity contribution in [3.63, 3.8) is 0 Å². The van der Waals surface area contributed by atoms with Crippen molar-refractivity contribution in [1.82, 2.24) is 0 Å². The summed E-state index contributed by atoms with van der Waals surface area (Å²) in [5, 5.41) is 104. The summed E-state index contributed by atoms with van der Waals surface area (Å²) in [4.78, 5) is 22.6. The molecule has 52 heavy (non-hydrogen) atoms. The number of carboxylic acid groups (broad SMARTS) is 1. The third-order valence-corrected chi connectivity index (χ3v) is 11.0. The molecule has 0 spiro atoms. The molecule has 0 aromatic carbocycles. The van der Waals surface area contributed by atoms with Gasteiger partial charge in [0.25, 0.3) is 0 Å². The zero-order valence-corrected chi connectivity index (χ0v) is 28.8. The molecule has 3 heterocycles. The molecule has 5 fully saturated rings. The monoisotopic (exact) mass is 757 g/mol. The predicted molar refractivity (Wildman–Crippen MR) is 167 cm³/mol. The first-order valence-corrected chi connectivity index (χ1v) is 17.5. The number of aliphatic hydroxyl groups excluding tert-OH is 9. The lowest BCUT2D eigenvalue weighted by molar-refractivity contribution is -0.368. The topological polar surface area (TPSA) is 314 Å². The van der Waals surface area contributed by atoms with E-state index in [4.69, 9.17) is 43.0 Å². The van der Waals surface area contributed by atoms with Gasteiger partial charge in [-0.15, -0.1) is 0 Å². The first-order valence-electron chi connectivity index (χ1n) is 17.5. The summed E-state index contributed by atoms with van der Waals surface area (Å²) in [6.45, 7) is -1.35. The molecule has 11 N–H and O–H groups in total. The maximum Gasteiger partial charge on any atom is 0.317 e. The van der Waals surface area contributed by atoms with Crippen LogP contribution in [-0.4, -0.2) is 205 Å². The Morgan fingerprint density at radius 2 is 1.23 bits per heavy atom. The lowest BCUT2D eigenvalue weighted by Crippen LogP contribution is -2.64. The number of hydrogen-bond donors (Lipinski definition) is 10. The highest BCUT2D eigenvalue weighted by molar-refractivity contribution is 5.90. The van der Waals surface area contributed by atoms with Gasteiger partial charge in [-0.2, -0.15) is 0 Å². The fourth-order valence-corrected chi connectivity index (χ4v) is 8.17. The van der Waals surface area contributed by atoms with Crippen molar-refractivity contribution in [2.45, 2.75) is 149 Å². The summed E-state index contributed by atoms with van der Waals surface area (Å²) in [5.41, 5.74) is 0. The van der Waals surface area contributed by atoms with Crippen molar-refractivity contribution in [2.24, 2.45) is 11.8 Å². The SMILES string of the molecule is COC1CC(C2[OH+]C3CC(O)CC(O[C@@H]4O[C@H](COC(=O)CC(=O)O)[C@@H](O)[C@H](O)[C@H]4O)C3CC2O[C@@H]2O[C@H](CO)[C@@H](O)[C@H](O)[C@H]2O)CC(OC)C1O. The van der Waals surface area contributed by atoms with Crippen molar-refractivity contribution in [2.75, 3.05) is 27.4 Å². The molecular weight excluding hydrogens is 704 g/mol. The fraction of sp³-hybridized carbons (Fsp3) is 0.938. The number of carboxylic acids is 1. The van der Waals surface area contributed by atoms with E-state index in [1.165, 1.54) is 14.2 Å². The minimum atomic E-state index is -1.82. The van der Waals surface area contributed by atoms with Gasteiger partial charge in [-0.3, -0.25) is 9.59 Å². The second kappa shape index (κ2) is 17.8. The number of rotatable bonds is 12. The Bertz CT molecular complexity index is 1160. The highest BCUT2D eigenvalue weighted by atomic mass is 16.7. The third-order valence-electron chi connectivity index (χ3n) is 11.0. The molecule has 0 amide bonds. The largest absolute Gasteiger partial charge is 0.481 e. The van der Waals surface area contributed by atoms with E-state index in [9.17, 15) is 55.5 Å². The Balaban J connectivity index is 1.38. The highest BCUT2D eigenvalue weighted by Gasteiger charge is 2.57. The molecular formula is C32H53O20+. The van der Waals surface area contributed by atoms with E-state index in [2.05, 4.69) is 0 Å². The first-order chi connectivity index (χ1) is 24.7. The average Bonchev–Trinajstić information content (AvgIpc) is 3.11. The number of ether oxygens (including phenoxy) is 8. The molecule has 2 saturated carbocycles. The predicted octanol–water partition coefficient (Wildman–Crippen LogP) is -5.38. The minimum Gasteiger partial charge on any atom is -0.481 e. The van der Waals surface area contributed by atoms with Gasteiger partial charge in [0.1, 0.15) is 74.1 Å². The van der Waals surface area contributed by atoms with Crippen LogP contribution in [0.1, 0.15) is 38.5 Å². The molecule has 3 aliphatic heterocycles. The van der Waals surface area contributed by atoms with E-state index in [-0.39, 0.29) is 25.2 Å². The van der Waals surface area contributed by atoms with E-state index in [1.54, 1.807) is 0 Å². The second-order valence-electron chi connectivity index (χ2n) is 14.3. The molecule has 0 aromatic heterocycles. The van der Waals surface area contributed by atoms with E-state index < -0.39 is 148 Å². The molecule has 18 atom stereocenters. The summed E-state index contributed by atoms with van der Waals surface area (Å²) in [6, 6.07) is 0. The molecule has 8 unspecified atom stereocenters. The lowest BCUT2D eigenvalue weighted by atomic mass is 9.72. The van der Waals surface area contributed by atoms with Crippen LogP contribution < -0.4 is 0 Å². The molecule has 300 valence electrons. The van der Waals surface area contributed by atoms with Gasteiger partial charge in [0, 0.05) is 33.0 Å². The van der Waals surface area contributed by atoms with Crippen LogP contribution in [0.3, 0.4) is 0 Å². The van der Waals surface area contributed by atoms with Gasteiger partial charge in [0.15, 0.2) is 24.8 Å². The number of carbonyl (C=O) groups excluding carboxylic acids is 1. The molecule has 0 bridgehead atoms. The van der Waals surface area contributed by atoms with Crippen LogP contribution in [0.25, 0.3) is 0 Å². The fourth-order valence-electron chi connectivity index (χ4n) is 8.17. The van der Waals surface area contributed by atoms with Crippen LogP contribution in [0, 0.1) is 11.8 Å². The van der Waals surface area contributed by atoms with Crippen LogP contribution >= 0.6 is 0 Å². The van der Waals surface area contributed by atoms with Crippen LogP contribution in [0.4, 0.5) is 0 Å². The Kier molecular flexibility index (Phi) is 14.2. The van der Waals surface area contributed by atoms with Gasteiger partial charge in [0.05, 0.1) is 36.9 Å². The molecule has 20 heteroatoms. The van der Waals surface area contributed by atoms with Gasteiger partial charge in [-0.25, -0.2) is 0 Å². The summed E-state index contributed by atoms with van der Waals surface area (Å²) >= 11 is 0. The van der Waals surface area contributed by atoms with Crippen molar-refractivity contribution in [3.8, 4) is 0 Å². The molecule has 2 aliphatic carbocycles. The Hall–Kier alpha value is -1.70. The average molecular weight is 758 g/mol. The highest BCUT2D eigenvalue weighted by Crippen LogP contribution is 2.44. The summed E-state index contributed by atoms with van der Waals surface area (Å²) in [7, 11) is 2.92. The molecule has 0 radical (unpaired) electrons. The van der Waals surface area contributed by atoms with E-state index >= 15 is 0 Å². The van der Waals surface area contributed by atoms with Gasteiger partial charge in [0.2, 0.25) is 0 Å². The number of aliphatic carboxylic acids is 1. The van der Waals surface area contributed by atoms with Gasteiger partial charge in [-0.05, 0) is 19.3 Å². The molecule has 20 nitrogen and oxygen atoms in total. The maximum absolute atomic E-state index is 11.8. The number of fused-ring (bicyclic) bond motifs is 1. The molecule has 0 aromatic rings. The zero-order valence-electron chi connectivity index (χ0n) is 28.8. The van der Waals surface area contributed by atoms with E-state index in [0.717, 1.165) is 0 Å². The van der Waals surface area contributed by atoms with Gasteiger partial charge >= 0.3 is 11.9 Å². The summed E-state index contributed by atoms with van der Waals surface area (Å²) in [5.74, 6) is -3.43. The zero-order chi connectivity index (χ0) is 38.0. The van der Waals surface area contributed by atoms with Gasteiger partial charge < -0.3 is 89.0 Å². The van der Waals surface area contributed by atoms with E-state index in [0.29, 0.717) is 12.8 Å². The van der Waals surface area contributed by atoms with Crippen LogP contribution in [0.2, 0.25) is 0 Å². The molecule has 3 saturated heterocycles. The van der Waals surface area contributed by atoms with Crippen molar-refractivity contribution in [3.05, 3.63) is 0 Å². The lowest BCUT2D eigenvalue weighted by Gasteiger charge is -2.50. The first kappa shape index (κ1) is 41.5. The number of aliphatic hydroxyl groups is 11. The number of methoxy groups -OCH3 is 2. The van der Waals surface area contributed by atoms with Crippen molar-refractivity contribution < 1.29 is 98.5 Å². The molecule has 5 rings (SSSR count). The summed E-state index contributed by atoms with van der Waals surface area (Å²) in [6.07, 6.45) is -22.3. The number of carbonyl (C=O) groups is 2. The van der Waals surface area contributed by atoms with Crippen LogP contribution in [-0.2, 0) is 42.7 Å². The molecule has 5 aliphatic rings. The second-order valence-corrected chi connectivity index (χ2v) is 14.3.